The number of rotatable bonds is 7. The van der Waals surface area contributed by atoms with Gasteiger partial charge in [0.1, 0.15) is 5.75 Å². The van der Waals surface area contributed by atoms with Crippen LogP contribution >= 0.6 is 0 Å². The maximum atomic E-state index is 11.5. The highest BCUT2D eigenvalue weighted by Gasteiger charge is 2.20. The number of aromatic amines is 1. The number of para-hydroxylation sites is 1. The van der Waals surface area contributed by atoms with Crippen molar-refractivity contribution in [3.8, 4) is 5.75 Å². The lowest BCUT2D eigenvalue weighted by atomic mass is 10.1. The van der Waals surface area contributed by atoms with Crippen molar-refractivity contribution in [1.29, 1.82) is 0 Å². The van der Waals surface area contributed by atoms with Gasteiger partial charge in [0.15, 0.2) is 5.58 Å². The largest absolute Gasteiger partial charge is 0.494 e. The Labute approximate surface area is 179 Å². The Morgan fingerprint density at radius 1 is 1.03 bits per heavy atom. The van der Waals surface area contributed by atoms with Gasteiger partial charge in [-0.3, -0.25) is 14.7 Å². The predicted octanol–water partition coefficient (Wildman–Crippen LogP) is 2.60. The third-order valence-corrected chi connectivity index (χ3v) is 5.98. The fourth-order valence-corrected chi connectivity index (χ4v) is 4.33. The molecule has 3 heterocycles. The van der Waals surface area contributed by atoms with Crippen molar-refractivity contribution in [3.05, 3.63) is 52.5 Å². The molecule has 0 saturated carbocycles. The summed E-state index contributed by atoms with van der Waals surface area (Å²) in [6.45, 7) is 5.49. The van der Waals surface area contributed by atoms with E-state index >= 15 is 0 Å². The lowest BCUT2D eigenvalue weighted by molar-refractivity contribution is -0.115. The summed E-state index contributed by atoms with van der Waals surface area (Å²) >= 11 is 0. The number of oxazole rings is 1. The number of carbonyl (C=O) groups excluding carboxylic acids is 1. The highest BCUT2D eigenvalue weighted by atomic mass is 16.5. The molecule has 1 aromatic heterocycles. The first kappa shape index (κ1) is 19.7. The molecule has 162 valence electrons. The Kier molecular flexibility index (Phi) is 5.38. The second-order valence-corrected chi connectivity index (χ2v) is 8.10. The Bertz CT molecular complexity index is 1140. The van der Waals surface area contributed by atoms with Gasteiger partial charge < -0.3 is 19.4 Å². The SMILES string of the molecule is O=C1Cc2ccc(OCCCCN3CCN(c4cccc5[nH]c(=O)oc45)CC3)cc2N1. The summed E-state index contributed by atoms with van der Waals surface area (Å²) in [5, 5.41) is 2.86. The van der Waals surface area contributed by atoms with Crippen LogP contribution in [0.5, 0.6) is 5.75 Å². The van der Waals surface area contributed by atoms with Crippen molar-refractivity contribution in [2.45, 2.75) is 19.3 Å². The molecule has 0 aliphatic carbocycles. The molecule has 1 saturated heterocycles. The van der Waals surface area contributed by atoms with Crippen LogP contribution < -0.4 is 20.7 Å². The van der Waals surface area contributed by atoms with Gasteiger partial charge in [0.25, 0.3) is 0 Å². The average Bonchev–Trinajstić information content (AvgIpc) is 3.34. The van der Waals surface area contributed by atoms with Gasteiger partial charge in [-0.15, -0.1) is 0 Å². The molecule has 31 heavy (non-hydrogen) atoms. The number of anilines is 2. The molecule has 2 N–H and O–H groups in total. The lowest BCUT2D eigenvalue weighted by Crippen LogP contribution is -2.46. The minimum atomic E-state index is -0.409. The third kappa shape index (κ3) is 4.29. The monoisotopic (exact) mass is 422 g/mol. The van der Waals surface area contributed by atoms with E-state index in [1.165, 1.54) is 0 Å². The van der Waals surface area contributed by atoms with Crippen LogP contribution in [0.25, 0.3) is 11.1 Å². The molecule has 2 aliphatic rings. The van der Waals surface area contributed by atoms with Crippen LogP contribution in [-0.2, 0) is 11.2 Å². The lowest BCUT2D eigenvalue weighted by Gasteiger charge is -2.36. The zero-order chi connectivity index (χ0) is 21.2. The zero-order valence-corrected chi connectivity index (χ0v) is 17.4. The number of unbranched alkanes of at least 4 members (excludes halogenated alkanes) is 1. The van der Waals surface area contributed by atoms with Crippen LogP contribution in [0, 0.1) is 0 Å². The Balaban J connectivity index is 1.05. The Hall–Kier alpha value is -3.26. The summed E-state index contributed by atoms with van der Waals surface area (Å²) in [6, 6.07) is 11.6. The predicted molar refractivity (Wildman–Crippen MR) is 119 cm³/mol. The number of aromatic nitrogens is 1. The number of hydrogen-bond donors (Lipinski definition) is 2. The molecule has 0 radical (unpaired) electrons. The van der Waals surface area contributed by atoms with Crippen molar-refractivity contribution in [1.82, 2.24) is 9.88 Å². The van der Waals surface area contributed by atoms with Gasteiger partial charge in [0.05, 0.1) is 24.2 Å². The summed E-state index contributed by atoms with van der Waals surface area (Å²) in [5.74, 6) is 0.440. The summed E-state index contributed by atoms with van der Waals surface area (Å²) < 4.78 is 11.2. The molecule has 1 amide bonds. The average molecular weight is 422 g/mol. The second kappa shape index (κ2) is 8.47. The second-order valence-electron chi connectivity index (χ2n) is 8.10. The van der Waals surface area contributed by atoms with Gasteiger partial charge in [0.2, 0.25) is 5.91 Å². The molecule has 1 fully saturated rings. The normalized spacial score (nSPS) is 16.5. The van der Waals surface area contributed by atoms with E-state index in [-0.39, 0.29) is 5.91 Å². The van der Waals surface area contributed by atoms with E-state index < -0.39 is 5.76 Å². The van der Waals surface area contributed by atoms with Crippen LogP contribution in [0.4, 0.5) is 11.4 Å². The van der Waals surface area contributed by atoms with Gasteiger partial charge in [-0.2, -0.15) is 0 Å². The maximum absolute atomic E-state index is 11.5. The molecule has 0 bridgehead atoms. The number of amides is 1. The molecular formula is C23H26N4O4. The summed E-state index contributed by atoms with van der Waals surface area (Å²) in [4.78, 5) is 30.4. The molecule has 2 aliphatic heterocycles. The molecule has 8 heteroatoms. The van der Waals surface area contributed by atoms with E-state index in [0.29, 0.717) is 18.6 Å². The summed E-state index contributed by atoms with van der Waals surface area (Å²) in [7, 11) is 0. The van der Waals surface area contributed by atoms with Gasteiger partial charge >= 0.3 is 5.76 Å². The molecule has 0 atom stereocenters. The van der Waals surface area contributed by atoms with Crippen LogP contribution in [0.3, 0.4) is 0 Å². The first-order chi connectivity index (χ1) is 15.2. The molecule has 0 spiro atoms. The van der Waals surface area contributed by atoms with Gasteiger partial charge in [-0.25, -0.2) is 4.79 Å². The molecular weight excluding hydrogens is 396 g/mol. The number of benzene rings is 2. The van der Waals surface area contributed by atoms with Gasteiger partial charge in [0, 0.05) is 37.9 Å². The molecule has 5 rings (SSSR count). The van der Waals surface area contributed by atoms with E-state index in [9.17, 15) is 9.59 Å². The number of piperazine rings is 1. The summed E-state index contributed by atoms with van der Waals surface area (Å²) in [5.41, 5.74) is 4.27. The van der Waals surface area contributed by atoms with Crippen LogP contribution in [0.15, 0.2) is 45.6 Å². The summed E-state index contributed by atoms with van der Waals surface area (Å²) in [6.07, 6.45) is 2.51. The minimum Gasteiger partial charge on any atom is -0.494 e. The van der Waals surface area contributed by atoms with E-state index in [1.807, 2.05) is 36.4 Å². The molecule has 8 nitrogen and oxygen atoms in total. The number of nitrogens with zero attached hydrogens (tertiary/aromatic N) is 2. The van der Waals surface area contributed by atoms with E-state index in [4.69, 9.17) is 9.15 Å². The van der Waals surface area contributed by atoms with E-state index in [1.54, 1.807) is 0 Å². The third-order valence-electron chi connectivity index (χ3n) is 5.98. The standard InChI is InChI=1S/C23H26N4O4/c28-21-14-16-6-7-17(15-19(16)24-21)30-13-2-1-8-26-9-11-27(12-10-26)20-5-3-4-18-22(20)31-23(29)25-18/h3-7,15H,1-2,8-14H2,(H,24,28)(H,25,29). The topological polar surface area (TPSA) is 90.8 Å². The number of ether oxygens (including phenoxy) is 1. The Morgan fingerprint density at radius 3 is 2.77 bits per heavy atom. The molecule has 3 aromatic rings. The first-order valence-electron chi connectivity index (χ1n) is 10.8. The fraction of sp³-hybridized carbons (Fsp3) is 0.391. The fourth-order valence-electron chi connectivity index (χ4n) is 4.33. The van der Waals surface area contributed by atoms with Crippen molar-refractivity contribution < 1.29 is 13.9 Å². The van der Waals surface area contributed by atoms with Crippen LogP contribution in [0.1, 0.15) is 18.4 Å². The Morgan fingerprint density at radius 2 is 1.90 bits per heavy atom. The van der Waals surface area contributed by atoms with Crippen LogP contribution in [0.2, 0.25) is 0 Å². The maximum Gasteiger partial charge on any atom is 0.417 e. The van der Waals surface area contributed by atoms with Crippen molar-refractivity contribution in [2.24, 2.45) is 0 Å². The first-order valence-corrected chi connectivity index (χ1v) is 10.8. The minimum absolute atomic E-state index is 0.0431. The van der Waals surface area contributed by atoms with E-state index in [0.717, 1.165) is 73.8 Å². The highest BCUT2D eigenvalue weighted by molar-refractivity contribution is 5.99. The quantitative estimate of drug-likeness (QED) is 0.569. The van der Waals surface area contributed by atoms with Gasteiger partial charge in [-0.05, 0) is 43.1 Å². The number of H-pyrrole nitrogens is 1. The number of nitrogens with one attached hydrogen (secondary N) is 2. The van der Waals surface area contributed by atoms with Crippen LogP contribution in [-0.4, -0.2) is 55.1 Å². The van der Waals surface area contributed by atoms with E-state index in [2.05, 4.69) is 20.1 Å². The van der Waals surface area contributed by atoms with Crippen molar-refractivity contribution in [2.75, 3.05) is 49.5 Å². The zero-order valence-electron chi connectivity index (χ0n) is 17.4. The number of fused-ring (bicyclic) bond motifs is 2. The molecule has 0 unspecified atom stereocenters. The molecule has 2 aromatic carbocycles. The smallest absolute Gasteiger partial charge is 0.417 e. The van der Waals surface area contributed by atoms with Gasteiger partial charge in [-0.1, -0.05) is 12.1 Å². The number of hydrogen-bond acceptors (Lipinski definition) is 6. The highest BCUT2D eigenvalue weighted by Crippen LogP contribution is 2.28. The number of carbonyl (C=O) groups is 1. The van der Waals surface area contributed by atoms with Crippen molar-refractivity contribution in [3.63, 3.8) is 0 Å². The van der Waals surface area contributed by atoms with Crippen molar-refractivity contribution >= 4 is 28.4 Å².